The third-order valence-corrected chi connectivity index (χ3v) is 5.05. The maximum absolute atomic E-state index is 3.78. The van der Waals surface area contributed by atoms with E-state index in [1.165, 1.54) is 51.1 Å². The Balaban J connectivity index is 2.63. The smallest absolute Gasteiger partial charge is 0.00967 e. The molecule has 0 aromatic carbocycles. The summed E-state index contributed by atoms with van der Waals surface area (Å²) in [5.74, 6) is 2.13. The van der Waals surface area contributed by atoms with Crippen LogP contribution >= 0.6 is 11.8 Å². The fraction of sp³-hybridized carbons (Fsp3) is 1.00. The molecule has 2 unspecified atom stereocenters. The summed E-state index contributed by atoms with van der Waals surface area (Å²) in [6.45, 7) is 12.9. The highest BCUT2D eigenvalue weighted by molar-refractivity contribution is 7.98. The molecular formula is C17H36N2S. The van der Waals surface area contributed by atoms with Gasteiger partial charge in [-0.15, -0.1) is 0 Å². The molecule has 0 heterocycles. The van der Waals surface area contributed by atoms with E-state index in [1.807, 2.05) is 11.8 Å². The molecule has 1 fully saturated rings. The van der Waals surface area contributed by atoms with Gasteiger partial charge in [-0.3, -0.25) is 0 Å². The van der Waals surface area contributed by atoms with Gasteiger partial charge in [0.15, 0.2) is 0 Å². The first-order valence-corrected chi connectivity index (χ1v) is 9.58. The van der Waals surface area contributed by atoms with Crippen molar-refractivity contribution in [2.75, 3.05) is 38.7 Å². The lowest BCUT2D eigenvalue weighted by atomic mass is 9.69. The van der Waals surface area contributed by atoms with Crippen LogP contribution in [0.1, 0.15) is 53.4 Å². The highest BCUT2D eigenvalue weighted by atomic mass is 32.2. The second kappa shape index (κ2) is 8.05. The second-order valence-corrected chi connectivity index (χ2v) is 9.02. The van der Waals surface area contributed by atoms with Gasteiger partial charge in [0.2, 0.25) is 0 Å². The van der Waals surface area contributed by atoms with Crippen molar-refractivity contribution in [3.8, 4) is 0 Å². The summed E-state index contributed by atoms with van der Waals surface area (Å²) in [5.41, 5.74) is 0.712. The molecule has 1 rings (SSSR count). The summed E-state index contributed by atoms with van der Waals surface area (Å²) in [5, 5.41) is 3.78. The Kier molecular flexibility index (Phi) is 7.37. The SMILES string of the molecule is CSCCN(C)CC1(CNC(C)(C)C)CCCC(C)C1. The zero-order chi connectivity index (χ0) is 15.2. The van der Waals surface area contributed by atoms with E-state index < -0.39 is 0 Å². The maximum atomic E-state index is 3.78. The Labute approximate surface area is 131 Å². The lowest BCUT2D eigenvalue weighted by Gasteiger charge is -2.44. The van der Waals surface area contributed by atoms with Crippen molar-refractivity contribution in [1.29, 1.82) is 0 Å². The lowest BCUT2D eigenvalue weighted by Crippen LogP contribution is -2.50. The normalized spacial score (nSPS) is 28.1. The Morgan fingerprint density at radius 2 is 2.05 bits per heavy atom. The molecule has 1 aliphatic carbocycles. The molecule has 2 nitrogen and oxygen atoms in total. The molecule has 0 spiro atoms. The summed E-state index contributed by atoms with van der Waals surface area (Å²) in [7, 11) is 2.30. The van der Waals surface area contributed by atoms with Crippen molar-refractivity contribution in [3.63, 3.8) is 0 Å². The van der Waals surface area contributed by atoms with Crippen LogP contribution in [-0.4, -0.2) is 49.1 Å². The van der Waals surface area contributed by atoms with Crippen LogP contribution in [0.3, 0.4) is 0 Å². The van der Waals surface area contributed by atoms with Crippen LogP contribution in [0.4, 0.5) is 0 Å². The van der Waals surface area contributed by atoms with Crippen molar-refractivity contribution < 1.29 is 0 Å². The van der Waals surface area contributed by atoms with Crippen molar-refractivity contribution in [2.45, 2.75) is 58.9 Å². The fourth-order valence-electron chi connectivity index (χ4n) is 3.48. The molecule has 1 saturated carbocycles. The largest absolute Gasteiger partial charge is 0.311 e. The third kappa shape index (κ3) is 6.82. The molecule has 1 N–H and O–H groups in total. The second-order valence-electron chi connectivity index (χ2n) is 8.04. The average molecular weight is 301 g/mol. The van der Waals surface area contributed by atoms with Gasteiger partial charge in [-0.25, -0.2) is 0 Å². The van der Waals surface area contributed by atoms with Crippen LogP contribution in [0.2, 0.25) is 0 Å². The van der Waals surface area contributed by atoms with Gasteiger partial charge in [0.25, 0.3) is 0 Å². The summed E-state index contributed by atoms with van der Waals surface area (Å²) in [4.78, 5) is 2.55. The summed E-state index contributed by atoms with van der Waals surface area (Å²) in [6, 6.07) is 0. The van der Waals surface area contributed by atoms with Crippen molar-refractivity contribution in [3.05, 3.63) is 0 Å². The first-order valence-electron chi connectivity index (χ1n) is 8.19. The Morgan fingerprint density at radius 1 is 1.35 bits per heavy atom. The van der Waals surface area contributed by atoms with E-state index >= 15 is 0 Å². The molecule has 0 radical (unpaired) electrons. The van der Waals surface area contributed by atoms with Gasteiger partial charge in [0, 0.05) is 30.9 Å². The topological polar surface area (TPSA) is 15.3 Å². The summed E-state index contributed by atoms with van der Waals surface area (Å²) >= 11 is 1.95. The maximum Gasteiger partial charge on any atom is 0.00967 e. The number of hydrogen-bond donors (Lipinski definition) is 1. The molecule has 20 heavy (non-hydrogen) atoms. The van der Waals surface area contributed by atoms with Gasteiger partial charge in [0.1, 0.15) is 0 Å². The standard InChI is InChI=1S/C17H36N2S/c1-15-8-7-9-17(12-15,13-18-16(2,3)4)14-19(5)10-11-20-6/h15,18H,7-14H2,1-6H3. The van der Waals surface area contributed by atoms with Crippen molar-refractivity contribution in [1.82, 2.24) is 10.2 Å². The van der Waals surface area contributed by atoms with Crippen molar-refractivity contribution in [2.24, 2.45) is 11.3 Å². The van der Waals surface area contributed by atoms with Crippen LogP contribution < -0.4 is 5.32 Å². The van der Waals surface area contributed by atoms with Gasteiger partial charge in [0.05, 0.1) is 0 Å². The quantitative estimate of drug-likeness (QED) is 0.768. The number of hydrogen-bond acceptors (Lipinski definition) is 3. The van der Waals surface area contributed by atoms with E-state index in [-0.39, 0.29) is 5.54 Å². The molecule has 0 aromatic heterocycles. The van der Waals surface area contributed by atoms with E-state index in [1.54, 1.807) is 0 Å². The first kappa shape index (κ1) is 18.3. The number of nitrogens with one attached hydrogen (secondary N) is 1. The van der Waals surface area contributed by atoms with E-state index in [2.05, 4.69) is 51.2 Å². The number of rotatable bonds is 7. The van der Waals surface area contributed by atoms with Gasteiger partial charge in [-0.2, -0.15) is 11.8 Å². The van der Waals surface area contributed by atoms with Crippen LogP contribution in [-0.2, 0) is 0 Å². The molecular weight excluding hydrogens is 264 g/mol. The minimum atomic E-state index is 0.228. The molecule has 0 amide bonds. The predicted octanol–water partition coefficient (Wildman–Crippen LogP) is 3.87. The Bertz CT molecular complexity index is 275. The minimum Gasteiger partial charge on any atom is -0.311 e. The van der Waals surface area contributed by atoms with Gasteiger partial charge >= 0.3 is 0 Å². The molecule has 2 atom stereocenters. The van der Waals surface area contributed by atoms with Crippen LogP contribution in [0.25, 0.3) is 0 Å². The highest BCUT2D eigenvalue weighted by Crippen LogP contribution is 2.39. The van der Waals surface area contributed by atoms with Crippen LogP contribution in [0.5, 0.6) is 0 Å². The fourth-order valence-corrected chi connectivity index (χ4v) is 3.97. The lowest BCUT2D eigenvalue weighted by molar-refractivity contribution is 0.0872. The molecule has 120 valence electrons. The number of nitrogens with zero attached hydrogens (tertiary/aromatic N) is 1. The molecule has 3 heteroatoms. The van der Waals surface area contributed by atoms with E-state index in [4.69, 9.17) is 0 Å². The van der Waals surface area contributed by atoms with E-state index in [0.717, 1.165) is 5.92 Å². The Morgan fingerprint density at radius 3 is 2.60 bits per heavy atom. The average Bonchev–Trinajstić information content (AvgIpc) is 2.33. The Hall–Kier alpha value is 0.270. The highest BCUT2D eigenvalue weighted by Gasteiger charge is 2.36. The number of thioether (sulfide) groups is 1. The van der Waals surface area contributed by atoms with Gasteiger partial charge in [-0.05, 0) is 58.2 Å². The summed E-state index contributed by atoms with van der Waals surface area (Å²) < 4.78 is 0. The van der Waals surface area contributed by atoms with Crippen LogP contribution in [0, 0.1) is 11.3 Å². The minimum absolute atomic E-state index is 0.228. The van der Waals surface area contributed by atoms with Crippen molar-refractivity contribution >= 4 is 11.8 Å². The third-order valence-electron chi connectivity index (χ3n) is 4.46. The molecule has 0 saturated heterocycles. The molecule has 0 aliphatic heterocycles. The molecule has 0 aromatic rings. The van der Waals surface area contributed by atoms with E-state index in [0.29, 0.717) is 5.41 Å². The molecule has 0 bridgehead atoms. The van der Waals surface area contributed by atoms with Gasteiger partial charge in [-0.1, -0.05) is 19.8 Å². The zero-order valence-electron chi connectivity index (χ0n) is 14.6. The first-order chi connectivity index (χ1) is 9.26. The monoisotopic (exact) mass is 300 g/mol. The zero-order valence-corrected chi connectivity index (χ0v) is 15.4. The van der Waals surface area contributed by atoms with E-state index in [9.17, 15) is 0 Å². The summed E-state index contributed by atoms with van der Waals surface area (Å²) in [6.07, 6.45) is 7.81. The van der Waals surface area contributed by atoms with Gasteiger partial charge < -0.3 is 10.2 Å². The van der Waals surface area contributed by atoms with Crippen LogP contribution in [0.15, 0.2) is 0 Å². The molecule has 1 aliphatic rings. The predicted molar refractivity (Wildman–Crippen MR) is 93.7 cm³/mol.